The molecular formula is C36H23N7O4. The fourth-order valence-corrected chi connectivity index (χ4v) is 5.09. The molecule has 226 valence electrons. The van der Waals surface area contributed by atoms with Gasteiger partial charge in [-0.2, -0.15) is 0 Å². The lowest BCUT2D eigenvalue weighted by atomic mass is 10.1. The lowest BCUT2D eigenvalue weighted by Crippen LogP contribution is -2.00. The Balaban J connectivity index is 1.13. The van der Waals surface area contributed by atoms with Gasteiger partial charge >= 0.3 is 12.0 Å². The fourth-order valence-electron chi connectivity index (χ4n) is 5.09. The third-order valence-electron chi connectivity index (χ3n) is 7.05. The summed E-state index contributed by atoms with van der Waals surface area (Å²) in [7, 11) is 0. The van der Waals surface area contributed by atoms with Crippen molar-refractivity contribution in [3.8, 4) is 52.5 Å². The SMILES string of the molecule is c1cnc(Oc2cccc(Oc3ccc4c5ccc(Oc6cccc(Oc7ncccn7)c6)cc5n(-c5ncccn5)c4c3)c2)nc1. The van der Waals surface area contributed by atoms with Gasteiger partial charge in [-0.15, -0.1) is 0 Å². The van der Waals surface area contributed by atoms with Crippen molar-refractivity contribution in [1.29, 1.82) is 0 Å². The van der Waals surface area contributed by atoms with Crippen molar-refractivity contribution in [2.45, 2.75) is 0 Å². The molecule has 0 saturated heterocycles. The number of hydrogen-bond acceptors (Lipinski definition) is 10. The Hall–Kier alpha value is -6.88. The van der Waals surface area contributed by atoms with Crippen LogP contribution in [0.3, 0.4) is 0 Å². The van der Waals surface area contributed by atoms with Gasteiger partial charge in [-0.05, 0) is 66.7 Å². The highest BCUT2D eigenvalue weighted by atomic mass is 16.5. The van der Waals surface area contributed by atoms with E-state index in [0.29, 0.717) is 40.4 Å². The van der Waals surface area contributed by atoms with Crippen LogP contribution in [0.15, 0.2) is 140 Å². The summed E-state index contributed by atoms with van der Waals surface area (Å²) in [6.45, 7) is 0. The summed E-state index contributed by atoms with van der Waals surface area (Å²) in [4.78, 5) is 25.6. The summed E-state index contributed by atoms with van der Waals surface area (Å²) in [6, 6.07) is 32.2. The number of benzene rings is 4. The van der Waals surface area contributed by atoms with E-state index in [4.69, 9.17) is 18.9 Å². The summed E-state index contributed by atoms with van der Waals surface area (Å²) in [5.41, 5.74) is 1.73. The van der Waals surface area contributed by atoms with E-state index in [1.165, 1.54) is 0 Å². The minimum atomic E-state index is 0.254. The number of fused-ring (bicyclic) bond motifs is 3. The van der Waals surface area contributed by atoms with Gasteiger partial charge in [0.1, 0.15) is 34.5 Å². The predicted molar refractivity (Wildman–Crippen MR) is 174 cm³/mol. The maximum absolute atomic E-state index is 6.29. The third-order valence-corrected chi connectivity index (χ3v) is 7.05. The molecule has 0 aliphatic carbocycles. The van der Waals surface area contributed by atoms with Crippen LogP contribution in [-0.4, -0.2) is 34.5 Å². The Morgan fingerprint density at radius 2 is 0.745 bits per heavy atom. The zero-order chi connectivity index (χ0) is 31.4. The highest BCUT2D eigenvalue weighted by Crippen LogP contribution is 2.38. The van der Waals surface area contributed by atoms with E-state index in [2.05, 4.69) is 29.9 Å². The molecule has 11 nitrogen and oxygen atoms in total. The zero-order valence-electron chi connectivity index (χ0n) is 24.5. The summed E-state index contributed by atoms with van der Waals surface area (Å²) >= 11 is 0. The van der Waals surface area contributed by atoms with Crippen LogP contribution < -0.4 is 18.9 Å². The molecule has 0 spiro atoms. The van der Waals surface area contributed by atoms with Crippen LogP contribution in [0.25, 0.3) is 27.8 Å². The monoisotopic (exact) mass is 617 g/mol. The lowest BCUT2D eigenvalue weighted by Gasteiger charge is -2.10. The van der Waals surface area contributed by atoms with Crippen molar-refractivity contribution in [3.05, 3.63) is 140 Å². The molecule has 0 unspecified atom stereocenters. The second-order valence-electron chi connectivity index (χ2n) is 10.2. The molecule has 4 heterocycles. The molecule has 0 fully saturated rings. The average molecular weight is 618 g/mol. The fraction of sp³-hybridized carbons (Fsp3) is 0. The van der Waals surface area contributed by atoms with Crippen molar-refractivity contribution >= 4 is 21.8 Å². The number of nitrogens with zero attached hydrogens (tertiary/aromatic N) is 7. The Bertz CT molecular complexity index is 2170. The molecule has 47 heavy (non-hydrogen) atoms. The molecule has 0 atom stereocenters. The quantitative estimate of drug-likeness (QED) is 0.156. The second kappa shape index (κ2) is 12.3. The molecule has 0 amide bonds. The van der Waals surface area contributed by atoms with Crippen LogP contribution >= 0.6 is 0 Å². The second-order valence-corrected chi connectivity index (χ2v) is 10.2. The van der Waals surface area contributed by atoms with Crippen LogP contribution in [0.5, 0.6) is 46.5 Å². The first-order valence-corrected chi connectivity index (χ1v) is 14.6. The summed E-state index contributed by atoms with van der Waals surface area (Å²) in [6.07, 6.45) is 9.92. The molecule has 0 aliphatic rings. The van der Waals surface area contributed by atoms with Gasteiger partial charge in [0.05, 0.1) is 11.0 Å². The van der Waals surface area contributed by atoms with Gasteiger partial charge < -0.3 is 18.9 Å². The molecule has 8 aromatic rings. The van der Waals surface area contributed by atoms with Crippen LogP contribution in [0.1, 0.15) is 0 Å². The van der Waals surface area contributed by atoms with Gasteiger partial charge in [-0.25, -0.2) is 29.9 Å². The van der Waals surface area contributed by atoms with Gasteiger partial charge in [0, 0.05) is 72.2 Å². The maximum Gasteiger partial charge on any atom is 0.321 e. The molecule has 0 aliphatic heterocycles. The van der Waals surface area contributed by atoms with E-state index in [0.717, 1.165) is 21.8 Å². The molecule has 8 rings (SSSR count). The van der Waals surface area contributed by atoms with E-state index in [1.807, 2.05) is 77.4 Å². The largest absolute Gasteiger partial charge is 0.457 e. The number of aromatic nitrogens is 7. The molecule has 0 radical (unpaired) electrons. The highest BCUT2D eigenvalue weighted by molar-refractivity contribution is 6.09. The van der Waals surface area contributed by atoms with Crippen molar-refractivity contribution in [2.24, 2.45) is 0 Å². The van der Waals surface area contributed by atoms with E-state index >= 15 is 0 Å². The number of hydrogen-bond donors (Lipinski definition) is 0. The first-order chi connectivity index (χ1) is 23.2. The van der Waals surface area contributed by atoms with E-state index < -0.39 is 0 Å². The third kappa shape index (κ3) is 5.96. The molecule has 4 aromatic carbocycles. The van der Waals surface area contributed by atoms with Crippen molar-refractivity contribution < 1.29 is 18.9 Å². The van der Waals surface area contributed by atoms with Gasteiger partial charge in [-0.1, -0.05) is 12.1 Å². The summed E-state index contributed by atoms with van der Waals surface area (Å²) < 4.78 is 26.1. The van der Waals surface area contributed by atoms with Crippen LogP contribution in [0.2, 0.25) is 0 Å². The highest BCUT2D eigenvalue weighted by Gasteiger charge is 2.17. The Kier molecular flexibility index (Phi) is 7.21. The summed E-state index contributed by atoms with van der Waals surface area (Å²) in [5.74, 6) is 4.06. The van der Waals surface area contributed by atoms with Crippen LogP contribution in [-0.2, 0) is 0 Å². The van der Waals surface area contributed by atoms with Crippen molar-refractivity contribution in [3.63, 3.8) is 0 Å². The van der Waals surface area contributed by atoms with Gasteiger partial charge in [-0.3, -0.25) is 4.57 Å². The molecular weight excluding hydrogens is 594 g/mol. The minimum Gasteiger partial charge on any atom is -0.457 e. The predicted octanol–water partition coefficient (Wildman–Crippen LogP) is 8.32. The first kappa shape index (κ1) is 27.7. The normalized spacial score (nSPS) is 11.0. The van der Waals surface area contributed by atoms with E-state index in [1.54, 1.807) is 67.5 Å². The van der Waals surface area contributed by atoms with Gasteiger partial charge in [0.15, 0.2) is 0 Å². The number of ether oxygens (including phenoxy) is 4. The Morgan fingerprint density at radius 1 is 0.362 bits per heavy atom. The van der Waals surface area contributed by atoms with Crippen molar-refractivity contribution in [1.82, 2.24) is 34.5 Å². The summed E-state index contributed by atoms with van der Waals surface area (Å²) in [5, 5.41) is 2.01. The molecule has 0 bridgehead atoms. The Morgan fingerprint density at radius 3 is 1.19 bits per heavy atom. The van der Waals surface area contributed by atoms with E-state index in [-0.39, 0.29) is 12.0 Å². The maximum atomic E-state index is 6.29. The zero-order valence-corrected chi connectivity index (χ0v) is 24.5. The van der Waals surface area contributed by atoms with Gasteiger partial charge in [0.2, 0.25) is 5.95 Å². The molecule has 0 N–H and O–H groups in total. The Labute approximate surface area is 267 Å². The van der Waals surface area contributed by atoms with Crippen LogP contribution in [0, 0.1) is 0 Å². The minimum absolute atomic E-state index is 0.254. The van der Waals surface area contributed by atoms with E-state index in [9.17, 15) is 0 Å². The van der Waals surface area contributed by atoms with Crippen molar-refractivity contribution in [2.75, 3.05) is 0 Å². The molecule has 0 saturated carbocycles. The molecule has 4 aromatic heterocycles. The smallest absolute Gasteiger partial charge is 0.321 e. The molecule has 11 heteroatoms. The number of rotatable bonds is 9. The average Bonchev–Trinajstić information content (AvgIpc) is 3.42. The standard InChI is InChI=1S/C36H23N7O4/c1-6-24(20-26(8-1)46-35-39-16-4-17-40-35)44-28-10-12-30-31-13-11-29(23-33(31)43(32(30)22-28)34-37-14-3-15-38-34)45-25-7-2-9-27(21-25)47-36-41-18-5-19-42-36/h1-23H. The van der Waals surface area contributed by atoms with Crippen LogP contribution in [0.4, 0.5) is 0 Å². The first-order valence-electron chi connectivity index (χ1n) is 14.6. The topological polar surface area (TPSA) is 119 Å². The lowest BCUT2D eigenvalue weighted by molar-refractivity contribution is 0.432. The van der Waals surface area contributed by atoms with Gasteiger partial charge in [0.25, 0.3) is 0 Å².